The van der Waals surface area contributed by atoms with Gasteiger partial charge in [-0.3, -0.25) is 0 Å². The van der Waals surface area contributed by atoms with Gasteiger partial charge in [-0.15, -0.1) is 11.3 Å². The van der Waals surface area contributed by atoms with Crippen LogP contribution in [0.2, 0.25) is 0 Å². The minimum absolute atomic E-state index is 0.229. The van der Waals surface area contributed by atoms with Crippen LogP contribution in [0.25, 0.3) is 32.0 Å². The molecule has 6 aromatic carbocycles. The molecule has 0 spiro atoms. The molecule has 3 heterocycles. The van der Waals surface area contributed by atoms with Gasteiger partial charge in [-0.05, 0) is 76.2 Å². The molecule has 3 aliphatic rings. The molecule has 7 aromatic rings. The molecule has 0 amide bonds. The van der Waals surface area contributed by atoms with Gasteiger partial charge in [-0.1, -0.05) is 145 Å². The first kappa shape index (κ1) is 30.3. The molecule has 1 aliphatic carbocycles. The molecule has 244 valence electrons. The maximum atomic E-state index is 6.72. The normalized spacial score (nSPS) is 17.6. The third-order valence-electron chi connectivity index (χ3n) is 10.5. The molecule has 0 radical (unpaired) electrons. The number of nitrogens with two attached hydrogens (primary N) is 1. The molecular formula is C47H34N2S2. The molecule has 4 heteroatoms. The summed E-state index contributed by atoms with van der Waals surface area (Å²) in [5, 5.41) is 2.75. The molecule has 0 saturated carbocycles. The van der Waals surface area contributed by atoms with Crippen molar-refractivity contribution < 1.29 is 0 Å². The maximum absolute atomic E-state index is 6.72. The molecular weight excluding hydrogens is 657 g/mol. The second-order valence-corrected chi connectivity index (χ2v) is 15.5. The van der Waals surface area contributed by atoms with Crippen LogP contribution >= 0.6 is 23.1 Å². The Balaban J connectivity index is 1.14. The minimum atomic E-state index is 0.229. The summed E-state index contributed by atoms with van der Waals surface area (Å²) in [7, 11) is 0. The second kappa shape index (κ2) is 12.3. The van der Waals surface area contributed by atoms with Crippen molar-refractivity contribution >= 4 is 66.4 Å². The van der Waals surface area contributed by atoms with Crippen molar-refractivity contribution in [1.29, 1.82) is 0 Å². The first-order valence-electron chi connectivity index (χ1n) is 17.5. The van der Waals surface area contributed by atoms with E-state index in [1.807, 2.05) is 41.3 Å². The van der Waals surface area contributed by atoms with Crippen molar-refractivity contribution in [2.24, 2.45) is 5.73 Å². The summed E-state index contributed by atoms with van der Waals surface area (Å²) in [5.41, 5.74) is 18.7. The lowest BCUT2D eigenvalue weighted by molar-refractivity contribution is 0.775. The number of nitrogens with zero attached hydrogens (tertiary/aromatic N) is 1. The maximum Gasteiger partial charge on any atom is 0.0498 e. The molecule has 0 fully saturated rings. The van der Waals surface area contributed by atoms with E-state index in [0.717, 1.165) is 28.8 Å². The molecule has 10 rings (SSSR count). The molecule has 2 atom stereocenters. The average Bonchev–Trinajstić information content (AvgIpc) is 3.87. The summed E-state index contributed by atoms with van der Waals surface area (Å²) in [6.07, 6.45) is 5.25. The van der Waals surface area contributed by atoms with Crippen LogP contribution in [0.5, 0.6) is 0 Å². The number of hydrogen-bond acceptors (Lipinski definition) is 4. The van der Waals surface area contributed by atoms with Crippen LogP contribution in [-0.4, -0.2) is 0 Å². The van der Waals surface area contributed by atoms with Crippen molar-refractivity contribution in [2.75, 3.05) is 4.90 Å². The Labute approximate surface area is 306 Å². The zero-order valence-electron chi connectivity index (χ0n) is 27.9. The molecule has 2 nitrogen and oxygen atoms in total. The van der Waals surface area contributed by atoms with Crippen LogP contribution in [0, 0.1) is 0 Å². The standard InChI is InChI=1S/C47H34N2S2/c48-38(32-15-5-2-6-16-32)29-33(24-23-30-13-3-1-4-14-30)31-25-27-34(28-26-31)49-39-20-10-7-17-35(39)42-43-36-18-8-11-21-40(36)50-46(43)47-44(45(42)49)37-19-9-12-22-41(37)51-47/h1-22,24-29,42-43H,23,48H2/b33-24+,38-29-. The molecule has 1 aromatic heterocycles. The molecule has 2 N–H and O–H groups in total. The van der Waals surface area contributed by atoms with E-state index < -0.39 is 0 Å². The number of hydrogen-bond donors (Lipinski definition) is 1. The molecule has 0 bridgehead atoms. The van der Waals surface area contributed by atoms with E-state index >= 15 is 0 Å². The van der Waals surface area contributed by atoms with Crippen molar-refractivity contribution in [3.63, 3.8) is 0 Å². The third kappa shape index (κ3) is 5.01. The summed E-state index contributed by atoms with van der Waals surface area (Å²) in [5.74, 6) is 0.526. The SMILES string of the molecule is N/C(=C\C(=C/Cc1ccccc1)c1ccc(N2C3=c4c(sc5ccccc45)=C4Sc5ccccc5C4C3c3ccccc32)cc1)c1ccccc1. The predicted molar refractivity (Wildman–Crippen MR) is 217 cm³/mol. The fourth-order valence-corrected chi connectivity index (χ4v) is 10.9. The Morgan fingerprint density at radius 1 is 0.647 bits per heavy atom. The fraction of sp³-hybridized carbons (Fsp3) is 0.0638. The molecule has 2 unspecified atom stereocenters. The highest BCUT2D eigenvalue weighted by atomic mass is 32.2. The lowest BCUT2D eigenvalue weighted by Crippen LogP contribution is -2.36. The van der Waals surface area contributed by atoms with Crippen LogP contribution < -0.4 is 20.4 Å². The fourth-order valence-electron chi connectivity index (χ4n) is 8.19. The van der Waals surface area contributed by atoms with Crippen LogP contribution in [-0.2, 0) is 6.42 Å². The number of rotatable bonds is 6. The van der Waals surface area contributed by atoms with Crippen LogP contribution in [0.3, 0.4) is 0 Å². The van der Waals surface area contributed by atoms with Gasteiger partial charge in [0.25, 0.3) is 0 Å². The number of thiophene rings is 1. The summed E-state index contributed by atoms with van der Waals surface area (Å²) >= 11 is 3.94. The van der Waals surface area contributed by atoms with Crippen molar-refractivity contribution in [2.45, 2.75) is 23.2 Å². The molecule has 2 aliphatic heterocycles. The highest BCUT2D eigenvalue weighted by molar-refractivity contribution is 8.08. The Kier molecular flexibility index (Phi) is 7.33. The van der Waals surface area contributed by atoms with Crippen LogP contribution in [0.4, 0.5) is 11.4 Å². The van der Waals surface area contributed by atoms with Crippen LogP contribution in [0.15, 0.2) is 175 Å². The van der Waals surface area contributed by atoms with Gasteiger partial charge >= 0.3 is 0 Å². The molecule has 51 heavy (non-hydrogen) atoms. The van der Waals surface area contributed by atoms with Gasteiger partial charge in [0.2, 0.25) is 0 Å². The third-order valence-corrected chi connectivity index (χ3v) is 13.1. The van der Waals surface area contributed by atoms with Crippen molar-refractivity contribution in [3.05, 3.63) is 207 Å². The second-order valence-electron chi connectivity index (χ2n) is 13.4. The number of para-hydroxylation sites is 1. The van der Waals surface area contributed by atoms with Gasteiger partial charge in [0.1, 0.15) is 0 Å². The first-order chi connectivity index (χ1) is 25.2. The number of anilines is 2. The lowest BCUT2D eigenvalue weighted by Gasteiger charge is -2.30. The van der Waals surface area contributed by atoms with Gasteiger partial charge in [-0.2, -0.15) is 0 Å². The monoisotopic (exact) mass is 690 g/mol. The minimum Gasteiger partial charge on any atom is -0.398 e. The van der Waals surface area contributed by atoms with E-state index in [2.05, 4.69) is 157 Å². The quantitative estimate of drug-likeness (QED) is 0.176. The highest BCUT2D eigenvalue weighted by Crippen LogP contribution is 2.63. The summed E-state index contributed by atoms with van der Waals surface area (Å²) in [6, 6.07) is 57.1. The van der Waals surface area contributed by atoms with Crippen LogP contribution in [0.1, 0.15) is 39.7 Å². The number of thioether (sulfide) groups is 1. The Bertz CT molecular complexity index is 2650. The zero-order valence-corrected chi connectivity index (χ0v) is 29.5. The van der Waals surface area contributed by atoms with E-state index in [9.17, 15) is 0 Å². The number of fused-ring (bicyclic) bond motifs is 10. The topological polar surface area (TPSA) is 29.3 Å². The largest absolute Gasteiger partial charge is 0.398 e. The van der Waals surface area contributed by atoms with E-state index in [-0.39, 0.29) is 5.92 Å². The summed E-state index contributed by atoms with van der Waals surface area (Å²) in [4.78, 5) is 5.45. The van der Waals surface area contributed by atoms with Gasteiger partial charge < -0.3 is 10.6 Å². The van der Waals surface area contributed by atoms with Crippen molar-refractivity contribution in [1.82, 2.24) is 0 Å². The van der Waals surface area contributed by atoms with E-state index in [1.165, 1.54) is 63.4 Å². The van der Waals surface area contributed by atoms with E-state index in [4.69, 9.17) is 5.73 Å². The van der Waals surface area contributed by atoms with Crippen molar-refractivity contribution in [3.8, 4) is 0 Å². The smallest absolute Gasteiger partial charge is 0.0498 e. The highest BCUT2D eigenvalue weighted by Gasteiger charge is 2.47. The van der Waals surface area contributed by atoms with Gasteiger partial charge in [0.15, 0.2) is 0 Å². The lowest BCUT2D eigenvalue weighted by atomic mass is 9.78. The first-order valence-corrected chi connectivity index (χ1v) is 19.1. The Hall–Kier alpha value is -5.55. The summed E-state index contributed by atoms with van der Waals surface area (Å²) in [6.45, 7) is 0. The van der Waals surface area contributed by atoms with Gasteiger partial charge in [0, 0.05) is 64.2 Å². The van der Waals surface area contributed by atoms with E-state index in [1.54, 1.807) is 0 Å². The zero-order chi connectivity index (χ0) is 33.9. The number of allylic oxidation sites excluding steroid dienone is 3. The predicted octanol–water partition coefficient (Wildman–Crippen LogP) is 10.6. The summed E-state index contributed by atoms with van der Waals surface area (Å²) < 4.78 is 2.77. The van der Waals surface area contributed by atoms with E-state index in [0.29, 0.717) is 5.92 Å². The number of benzene rings is 6. The Morgan fingerprint density at radius 2 is 1.33 bits per heavy atom. The average molecular weight is 691 g/mol. The molecule has 0 saturated heterocycles. The van der Waals surface area contributed by atoms with Gasteiger partial charge in [-0.25, -0.2) is 0 Å². The Morgan fingerprint density at radius 3 is 2.16 bits per heavy atom. The van der Waals surface area contributed by atoms with Gasteiger partial charge in [0.05, 0.1) is 0 Å².